The minimum absolute atomic E-state index is 0.0634. The van der Waals surface area contributed by atoms with Crippen LogP contribution in [-0.4, -0.2) is 18.0 Å². The predicted octanol–water partition coefficient (Wildman–Crippen LogP) is 5.37. The lowest BCUT2D eigenvalue weighted by atomic mass is 9.87. The van der Waals surface area contributed by atoms with Gasteiger partial charge in [-0.3, -0.25) is 10.1 Å². The number of benzene rings is 2. The molecule has 0 atom stereocenters. The van der Waals surface area contributed by atoms with Gasteiger partial charge in [-0.1, -0.05) is 45.0 Å². The fourth-order valence-corrected chi connectivity index (χ4v) is 3.31. The van der Waals surface area contributed by atoms with Crippen molar-refractivity contribution in [2.75, 3.05) is 12.4 Å². The number of thiazole rings is 1. The summed E-state index contributed by atoms with van der Waals surface area (Å²) < 4.78 is 5.38. The Labute approximate surface area is 157 Å². The van der Waals surface area contributed by atoms with Gasteiger partial charge in [-0.15, -0.1) is 11.3 Å². The molecule has 134 valence electrons. The van der Waals surface area contributed by atoms with Crippen LogP contribution >= 0.6 is 11.3 Å². The Balaban J connectivity index is 1.76. The van der Waals surface area contributed by atoms with Gasteiger partial charge in [0, 0.05) is 16.5 Å². The summed E-state index contributed by atoms with van der Waals surface area (Å²) in [4.78, 5) is 17.0. The summed E-state index contributed by atoms with van der Waals surface area (Å²) in [6, 6.07) is 15.4. The highest BCUT2D eigenvalue weighted by atomic mass is 32.1. The van der Waals surface area contributed by atoms with E-state index in [9.17, 15) is 4.79 Å². The van der Waals surface area contributed by atoms with Crippen LogP contribution in [0.1, 0.15) is 36.7 Å². The van der Waals surface area contributed by atoms with E-state index in [0.29, 0.717) is 10.7 Å². The Morgan fingerprint density at radius 3 is 2.42 bits per heavy atom. The first-order chi connectivity index (χ1) is 12.4. The van der Waals surface area contributed by atoms with Gasteiger partial charge in [0.1, 0.15) is 5.75 Å². The Kier molecular flexibility index (Phi) is 5.09. The van der Waals surface area contributed by atoms with Crippen LogP contribution in [0.3, 0.4) is 0 Å². The molecule has 5 heteroatoms. The van der Waals surface area contributed by atoms with Gasteiger partial charge < -0.3 is 4.74 Å². The smallest absolute Gasteiger partial charge is 0.257 e. The number of para-hydroxylation sites is 1. The molecule has 0 bridgehead atoms. The number of methoxy groups -OCH3 is 1. The quantitative estimate of drug-likeness (QED) is 0.675. The van der Waals surface area contributed by atoms with Gasteiger partial charge in [-0.25, -0.2) is 4.98 Å². The molecule has 26 heavy (non-hydrogen) atoms. The summed E-state index contributed by atoms with van der Waals surface area (Å²) in [5.41, 5.74) is 3.56. The highest BCUT2D eigenvalue weighted by Crippen LogP contribution is 2.32. The Bertz CT molecular complexity index is 908. The fourth-order valence-electron chi connectivity index (χ4n) is 2.60. The molecule has 0 unspecified atom stereocenters. The Hall–Kier alpha value is -2.66. The van der Waals surface area contributed by atoms with E-state index in [0.717, 1.165) is 17.0 Å². The molecule has 2 aromatic carbocycles. The summed E-state index contributed by atoms with van der Waals surface area (Å²) in [6.07, 6.45) is 0. The summed E-state index contributed by atoms with van der Waals surface area (Å²) in [7, 11) is 1.63. The van der Waals surface area contributed by atoms with E-state index < -0.39 is 0 Å². The van der Waals surface area contributed by atoms with Crippen LogP contribution in [0.5, 0.6) is 5.75 Å². The zero-order valence-electron chi connectivity index (χ0n) is 15.4. The largest absolute Gasteiger partial charge is 0.496 e. The van der Waals surface area contributed by atoms with Crippen molar-refractivity contribution in [2.24, 2.45) is 0 Å². The van der Waals surface area contributed by atoms with Crippen LogP contribution in [0.15, 0.2) is 53.9 Å². The first-order valence-electron chi connectivity index (χ1n) is 8.39. The predicted molar refractivity (Wildman–Crippen MR) is 107 cm³/mol. The van der Waals surface area contributed by atoms with Crippen molar-refractivity contribution in [1.82, 2.24) is 4.98 Å². The number of aromatic nitrogens is 1. The normalized spacial score (nSPS) is 11.2. The molecule has 0 saturated heterocycles. The highest BCUT2D eigenvalue weighted by Gasteiger charge is 2.15. The van der Waals surface area contributed by atoms with Crippen molar-refractivity contribution in [3.63, 3.8) is 0 Å². The second-order valence-corrected chi connectivity index (χ2v) is 7.88. The van der Waals surface area contributed by atoms with Gasteiger partial charge in [0.15, 0.2) is 5.13 Å². The van der Waals surface area contributed by atoms with E-state index in [-0.39, 0.29) is 11.3 Å². The third-order valence-corrected chi connectivity index (χ3v) is 4.88. The first-order valence-corrected chi connectivity index (χ1v) is 9.27. The molecule has 1 amide bonds. The highest BCUT2D eigenvalue weighted by molar-refractivity contribution is 7.14. The molecule has 0 saturated carbocycles. The molecule has 0 aliphatic rings. The van der Waals surface area contributed by atoms with Crippen LogP contribution in [0, 0.1) is 0 Å². The van der Waals surface area contributed by atoms with Crippen molar-refractivity contribution < 1.29 is 9.53 Å². The van der Waals surface area contributed by atoms with Crippen LogP contribution in [0.25, 0.3) is 11.3 Å². The molecule has 1 aromatic heterocycles. The lowest BCUT2D eigenvalue weighted by Gasteiger charge is -2.18. The first kappa shape index (κ1) is 18.1. The molecule has 0 radical (unpaired) electrons. The number of amides is 1. The molecule has 0 spiro atoms. The third-order valence-electron chi connectivity index (χ3n) is 4.12. The number of ether oxygens (including phenoxy) is 1. The molecular formula is C21H22N2O2S. The number of nitrogens with one attached hydrogen (secondary N) is 1. The second kappa shape index (κ2) is 7.30. The van der Waals surface area contributed by atoms with Crippen LogP contribution < -0.4 is 10.1 Å². The van der Waals surface area contributed by atoms with Crippen LogP contribution in [0.4, 0.5) is 5.13 Å². The van der Waals surface area contributed by atoms with E-state index in [1.54, 1.807) is 7.11 Å². The van der Waals surface area contributed by atoms with E-state index in [1.165, 1.54) is 16.9 Å². The summed E-state index contributed by atoms with van der Waals surface area (Å²) in [6.45, 7) is 6.45. The third kappa shape index (κ3) is 3.94. The second-order valence-electron chi connectivity index (χ2n) is 7.02. The maximum atomic E-state index is 12.5. The van der Waals surface area contributed by atoms with E-state index in [1.807, 2.05) is 53.9 Å². The molecule has 3 rings (SSSR count). The topological polar surface area (TPSA) is 51.2 Å². The minimum atomic E-state index is -0.161. The Morgan fingerprint density at radius 2 is 1.77 bits per heavy atom. The number of rotatable bonds is 4. The van der Waals surface area contributed by atoms with Gasteiger partial charge in [-0.2, -0.15) is 0 Å². The zero-order valence-corrected chi connectivity index (χ0v) is 16.2. The SMILES string of the molecule is COc1ccccc1-c1csc(NC(=O)c2ccc(C(C)(C)C)cc2)n1. The van der Waals surface area contributed by atoms with Crippen LogP contribution in [0.2, 0.25) is 0 Å². The van der Waals surface area contributed by atoms with Gasteiger partial charge in [-0.05, 0) is 35.2 Å². The fraction of sp³-hybridized carbons (Fsp3) is 0.238. The molecule has 0 aliphatic heterocycles. The number of nitrogens with zero attached hydrogens (tertiary/aromatic N) is 1. The monoisotopic (exact) mass is 366 g/mol. The van der Waals surface area contributed by atoms with Gasteiger partial charge in [0.05, 0.1) is 12.8 Å². The van der Waals surface area contributed by atoms with E-state index in [4.69, 9.17) is 4.74 Å². The Morgan fingerprint density at radius 1 is 1.08 bits per heavy atom. The van der Waals surface area contributed by atoms with Crippen molar-refractivity contribution in [2.45, 2.75) is 26.2 Å². The van der Waals surface area contributed by atoms with Gasteiger partial charge in [0.25, 0.3) is 5.91 Å². The van der Waals surface area contributed by atoms with Crippen LogP contribution in [-0.2, 0) is 5.41 Å². The lowest BCUT2D eigenvalue weighted by molar-refractivity contribution is 0.102. The maximum Gasteiger partial charge on any atom is 0.257 e. The number of hydrogen-bond acceptors (Lipinski definition) is 4. The summed E-state index contributed by atoms with van der Waals surface area (Å²) >= 11 is 1.40. The number of carbonyl (C=O) groups excluding carboxylic acids is 1. The summed E-state index contributed by atoms with van der Waals surface area (Å²) in [5.74, 6) is 0.597. The standard InChI is InChI=1S/C21H22N2O2S/c1-21(2,3)15-11-9-14(10-12-15)19(24)23-20-22-17(13-26-20)16-7-5-6-8-18(16)25-4/h5-13H,1-4H3,(H,22,23,24). The van der Waals surface area contributed by atoms with Gasteiger partial charge in [0.2, 0.25) is 0 Å². The average molecular weight is 366 g/mol. The van der Waals surface area contributed by atoms with Crippen molar-refractivity contribution in [1.29, 1.82) is 0 Å². The molecule has 0 aliphatic carbocycles. The molecule has 4 nitrogen and oxygen atoms in total. The average Bonchev–Trinajstić information content (AvgIpc) is 3.09. The van der Waals surface area contributed by atoms with Crippen molar-refractivity contribution in [3.05, 3.63) is 65.0 Å². The van der Waals surface area contributed by atoms with Crippen molar-refractivity contribution in [3.8, 4) is 17.0 Å². The molecular weight excluding hydrogens is 344 g/mol. The number of hydrogen-bond donors (Lipinski definition) is 1. The molecule has 1 heterocycles. The van der Waals surface area contributed by atoms with E-state index in [2.05, 4.69) is 31.1 Å². The van der Waals surface area contributed by atoms with Gasteiger partial charge >= 0.3 is 0 Å². The molecule has 0 fully saturated rings. The lowest BCUT2D eigenvalue weighted by Crippen LogP contribution is -2.14. The minimum Gasteiger partial charge on any atom is -0.496 e. The van der Waals surface area contributed by atoms with Crippen molar-refractivity contribution >= 4 is 22.4 Å². The maximum absolute atomic E-state index is 12.5. The number of anilines is 1. The molecule has 1 N–H and O–H groups in total. The van der Waals surface area contributed by atoms with E-state index >= 15 is 0 Å². The number of carbonyl (C=O) groups is 1. The zero-order chi connectivity index (χ0) is 18.7. The summed E-state index contributed by atoms with van der Waals surface area (Å²) in [5, 5.41) is 5.35. The molecule has 3 aromatic rings.